The van der Waals surface area contributed by atoms with Crippen molar-refractivity contribution in [2.24, 2.45) is 5.92 Å². The van der Waals surface area contributed by atoms with E-state index in [0.717, 1.165) is 25.1 Å². The van der Waals surface area contributed by atoms with Crippen LogP contribution in [-0.2, 0) is 11.3 Å². The summed E-state index contributed by atoms with van der Waals surface area (Å²) in [5.41, 5.74) is 1.10. The average Bonchev–Trinajstić information content (AvgIpc) is 2.82. The highest BCUT2D eigenvalue weighted by Gasteiger charge is 2.41. The zero-order valence-corrected chi connectivity index (χ0v) is 12.0. The molecule has 5 heteroatoms. The third kappa shape index (κ3) is 2.82. The lowest BCUT2D eigenvalue weighted by Crippen LogP contribution is -2.42. The number of carboxylic acids is 1. The zero-order chi connectivity index (χ0) is 13.4. The number of carboxylic acid groups (broad SMARTS) is 1. The predicted molar refractivity (Wildman–Crippen MR) is 74.2 cm³/mol. The van der Waals surface area contributed by atoms with E-state index in [1.807, 2.05) is 6.92 Å². The first-order valence-corrected chi connectivity index (χ1v) is 7.88. The van der Waals surface area contributed by atoms with Crippen LogP contribution in [0.3, 0.4) is 0 Å². The fourth-order valence-corrected chi connectivity index (χ4v) is 4.47. The standard InChI is InChI=1S/C14H20N2O2S/c1-9-8-19-13(15-9)7-16-11-2-3-12(16)5-10(4-11)6-14(17)18/h8,10-12H,2-7H2,1H3,(H,17,18). The molecule has 1 aromatic heterocycles. The first kappa shape index (κ1) is 13.1. The Labute approximate surface area is 117 Å². The second-order valence-electron chi connectivity index (χ2n) is 5.88. The molecular weight excluding hydrogens is 260 g/mol. The Balaban J connectivity index is 1.64. The molecular formula is C14H20N2O2S. The molecule has 4 nitrogen and oxygen atoms in total. The van der Waals surface area contributed by atoms with E-state index in [1.54, 1.807) is 11.3 Å². The number of aryl methyl sites for hydroxylation is 1. The van der Waals surface area contributed by atoms with Crippen LogP contribution in [0.5, 0.6) is 0 Å². The first-order valence-electron chi connectivity index (χ1n) is 7.00. The maximum absolute atomic E-state index is 10.9. The Kier molecular flexibility index (Phi) is 3.58. The molecule has 2 fully saturated rings. The summed E-state index contributed by atoms with van der Waals surface area (Å²) in [4.78, 5) is 18.0. The van der Waals surface area contributed by atoms with Gasteiger partial charge in [-0.25, -0.2) is 4.98 Å². The van der Waals surface area contributed by atoms with E-state index in [4.69, 9.17) is 5.11 Å². The Bertz CT molecular complexity index is 460. The highest BCUT2D eigenvalue weighted by Crippen LogP contribution is 2.40. The summed E-state index contributed by atoms with van der Waals surface area (Å²) in [6.07, 6.45) is 4.90. The molecule has 2 aliphatic rings. The van der Waals surface area contributed by atoms with Gasteiger partial charge in [0, 0.05) is 29.6 Å². The third-order valence-corrected chi connectivity index (χ3v) is 5.38. The number of hydrogen-bond acceptors (Lipinski definition) is 4. The summed E-state index contributed by atoms with van der Waals surface area (Å²) in [7, 11) is 0. The number of aromatic nitrogens is 1. The number of aliphatic carboxylic acids is 1. The lowest BCUT2D eigenvalue weighted by Gasteiger charge is -2.38. The molecule has 2 saturated heterocycles. The molecule has 3 rings (SSSR count). The topological polar surface area (TPSA) is 53.4 Å². The van der Waals surface area contributed by atoms with Crippen molar-refractivity contribution in [1.82, 2.24) is 9.88 Å². The molecule has 0 aromatic carbocycles. The van der Waals surface area contributed by atoms with Gasteiger partial charge in [-0.1, -0.05) is 0 Å². The van der Waals surface area contributed by atoms with Gasteiger partial charge in [0.25, 0.3) is 0 Å². The Morgan fingerprint density at radius 3 is 2.68 bits per heavy atom. The van der Waals surface area contributed by atoms with Gasteiger partial charge in [0.15, 0.2) is 0 Å². The Hall–Kier alpha value is -0.940. The summed E-state index contributed by atoms with van der Waals surface area (Å²) < 4.78 is 0. The molecule has 19 heavy (non-hydrogen) atoms. The number of fused-ring (bicyclic) bond motifs is 2. The van der Waals surface area contributed by atoms with Crippen LogP contribution >= 0.6 is 11.3 Å². The van der Waals surface area contributed by atoms with E-state index < -0.39 is 5.97 Å². The Morgan fingerprint density at radius 1 is 1.47 bits per heavy atom. The molecule has 0 amide bonds. The molecule has 0 saturated carbocycles. The molecule has 104 valence electrons. The molecule has 1 N–H and O–H groups in total. The van der Waals surface area contributed by atoms with Crippen molar-refractivity contribution in [3.8, 4) is 0 Å². The van der Waals surface area contributed by atoms with E-state index >= 15 is 0 Å². The van der Waals surface area contributed by atoms with Crippen LogP contribution in [0.15, 0.2) is 5.38 Å². The predicted octanol–water partition coefficient (Wildman–Crippen LogP) is 2.67. The molecule has 0 radical (unpaired) electrons. The van der Waals surface area contributed by atoms with Gasteiger partial charge in [0.1, 0.15) is 5.01 Å². The number of rotatable bonds is 4. The van der Waals surface area contributed by atoms with Gasteiger partial charge < -0.3 is 5.11 Å². The molecule has 3 heterocycles. The number of nitrogens with zero attached hydrogens (tertiary/aromatic N) is 2. The SMILES string of the molecule is Cc1csc(CN2C3CCC2CC(CC(=O)O)C3)n1. The zero-order valence-electron chi connectivity index (χ0n) is 11.2. The highest BCUT2D eigenvalue weighted by atomic mass is 32.1. The van der Waals surface area contributed by atoms with Crippen molar-refractivity contribution in [2.75, 3.05) is 0 Å². The Morgan fingerprint density at radius 2 is 2.16 bits per heavy atom. The second-order valence-corrected chi connectivity index (χ2v) is 6.82. The van der Waals surface area contributed by atoms with E-state index in [-0.39, 0.29) is 0 Å². The van der Waals surface area contributed by atoms with Crippen molar-refractivity contribution < 1.29 is 9.90 Å². The van der Waals surface area contributed by atoms with Crippen molar-refractivity contribution >= 4 is 17.3 Å². The van der Waals surface area contributed by atoms with Crippen molar-refractivity contribution in [3.63, 3.8) is 0 Å². The molecule has 2 bridgehead atoms. The number of piperidine rings is 1. The van der Waals surface area contributed by atoms with E-state index in [9.17, 15) is 4.79 Å². The maximum atomic E-state index is 10.9. The molecule has 1 aromatic rings. The van der Waals surface area contributed by atoms with Crippen LogP contribution < -0.4 is 0 Å². The fourth-order valence-electron chi connectivity index (χ4n) is 3.69. The van der Waals surface area contributed by atoms with Gasteiger partial charge >= 0.3 is 5.97 Å². The minimum absolute atomic E-state index is 0.344. The minimum atomic E-state index is -0.645. The fraction of sp³-hybridized carbons (Fsp3) is 0.714. The molecule has 0 spiro atoms. The summed E-state index contributed by atoms with van der Waals surface area (Å²) in [6, 6.07) is 1.15. The summed E-state index contributed by atoms with van der Waals surface area (Å²) in [5, 5.41) is 12.2. The highest BCUT2D eigenvalue weighted by molar-refractivity contribution is 7.09. The largest absolute Gasteiger partial charge is 0.481 e. The lowest BCUT2D eigenvalue weighted by molar-refractivity contribution is -0.138. The van der Waals surface area contributed by atoms with Gasteiger partial charge in [-0.2, -0.15) is 0 Å². The van der Waals surface area contributed by atoms with Crippen LogP contribution in [-0.4, -0.2) is 33.0 Å². The number of hydrogen-bond donors (Lipinski definition) is 1. The van der Waals surface area contributed by atoms with Crippen molar-refractivity contribution in [3.05, 3.63) is 16.1 Å². The summed E-state index contributed by atoms with van der Waals surface area (Å²) in [6.45, 7) is 2.99. The van der Waals surface area contributed by atoms with Gasteiger partial charge in [0.05, 0.1) is 6.54 Å². The third-order valence-electron chi connectivity index (χ3n) is 4.43. The summed E-state index contributed by atoms with van der Waals surface area (Å²) >= 11 is 1.74. The van der Waals surface area contributed by atoms with Crippen LogP contribution in [0.4, 0.5) is 0 Å². The average molecular weight is 280 g/mol. The number of thiazole rings is 1. The molecule has 2 atom stereocenters. The van der Waals surface area contributed by atoms with Gasteiger partial charge in [0.2, 0.25) is 0 Å². The van der Waals surface area contributed by atoms with Crippen molar-refractivity contribution in [2.45, 2.75) is 57.7 Å². The molecule has 0 aliphatic carbocycles. The maximum Gasteiger partial charge on any atom is 0.303 e. The second kappa shape index (κ2) is 5.21. The summed E-state index contributed by atoms with van der Waals surface area (Å²) in [5.74, 6) is -0.266. The first-order chi connectivity index (χ1) is 9.11. The number of carbonyl (C=O) groups is 1. The lowest BCUT2D eigenvalue weighted by atomic mass is 9.88. The van der Waals surface area contributed by atoms with Crippen molar-refractivity contribution in [1.29, 1.82) is 0 Å². The molecule has 2 aliphatic heterocycles. The smallest absolute Gasteiger partial charge is 0.303 e. The van der Waals surface area contributed by atoms with E-state index in [0.29, 0.717) is 24.4 Å². The van der Waals surface area contributed by atoms with Crippen LogP contribution in [0.2, 0.25) is 0 Å². The molecule has 2 unspecified atom stereocenters. The van der Waals surface area contributed by atoms with E-state index in [1.165, 1.54) is 17.8 Å². The minimum Gasteiger partial charge on any atom is -0.481 e. The van der Waals surface area contributed by atoms with Crippen LogP contribution in [0, 0.1) is 12.8 Å². The van der Waals surface area contributed by atoms with Gasteiger partial charge in [-0.05, 0) is 38.5 Å². The van der Waals surface area contributed by atoms with Gasteiger partial charge in [-0.15, -0.1) is 11.3 Å². The van der Waals surface area contributed by atoms with Gasteiger partial charge in [-0.3, -0.25) is 9.69 Å². The normalized spacial score (nSPS) is 30.7. The van der Waals surface area contributed by atoms with Crippen LogP contribution in [0.25, 0.3) is 0 Å². The quantitative estimate of drug-likeness (QED) is 0.921. The monoisotopic (exact) mass is 280 g/mol. The van der Waals surface area contributed by atoms with Crippen LogP contribution in [0.1, 0.15) is 42.8 Å². The van der Waals surface area contributed by atoms with E-state index in [2.05, 4.69) is 15.3 Å².